The number of amides is 3. The van der Waals surface area contributed by atoms with Crippen LogP contribution in [0.15, 0.2) is 12.1 Å². The Balaban J connectivity index is 1.56. The van der Waals surface area contributed by atoms with Gasteiger partial charge in [0.05, 0.1) is 5.75 Å². The SMILES string of the molecule is CCCS(=O)(=O)N1CCN(c2cc(F)cc3c2CN(C2CCC(=O)NC2=O)C3=O)CC1. The molecule has 4 rings (SSSR count). The van der Waals surface area contributed by atoms with Crippen LogP contribution in [0, 0.1) is 5.82 Å². The lowest BCUT2D eigenvalue weighted by Gasteiger charge is -2.36. The maximum Gasteiger partial charge on any atom is 0.255 e. The van der Waals surface area contributed by atoms with Crippen LogP contribution in [0.2, 0.25) is 0 Å². The van der Waals surface area contributed by atoms with E-state index in [1.54, 1.807) is 0 Å². The summed E-state index contributed by atoms with van der Waals surface area (Å²) in [5.74, 6) is -1.79. The second-order valence-corrected chi connectivity index (χ2v) is 10.1. The van der Waals surface area contributed by atoms with Crippen molar-refractivity contribution in [1.82, 2.24) is 14.5 Å². The number of carbonyl (C=O) groups is 3. The summed E-state index contributed by atoms with van der Waals surface area (Å²) in [7, 11) is -3.30. The first kappa shape index (κ1) is 21.7. The largest absolute Gasteiger partial charge is 0.369 e. The Morgan fingerprint density at radius 1 is 1.13 bits per heavy atom. The highest BCUT2D eigenvalue weighted by Gasteiger charge is 2.41. The second kappa shape index (κ2) is 8.19. The molecule has 3 aliphatic rings. The van der Waals surface area contributed by atoms with Crippen LogP contribution in [0.3, 0.4) is 0 Å². The average molecular weight is 453 g/mol. The molecule has 0 saturated carbocycles. The Bertz CT molecular complexity index is 1040. The Labute approximate surface area is 180 Å². The van der Waals surface area contributed by atoms with E-state index in [9.17, 15) is 27.2 Å². The minimum absolute atomic E-state index is 0.0950. The topological polar surface area (TPSA) is 107 Å². The molecule has 3 amide bonds. The number of benzene rings is 1. The Kier molecular flexibility index (Phi) is 5.73. The van der Waals surface area contributed by atoms with E-state index in [1.165, 1.54) is 21.3 Å². The quantitative estimate of drug-likeness (QED) is 0.650. The molecular formula is C20H25FN4O5S. The zero-order chi connectivity index (χ0) is 22.3. The van der Waals surface area contributed by atoms with E-state index in [0.29, 0.717) is 43.9 Å². The summed E-state index contributed by atoms with van der Waals surface area (Å²) in [4.78, 5) is 39.9. The average Bonchev–Trinajstić information content (AvgIpc) is 3.04. The van der Waals surface area contributed by atoms with Crippen molar-refractivity contribution in [2.45, 2.75) is 38.8 Å². The first-order valence-corrected chi connectivity index (χ1v) is 12.0. The molecule has 1 N–H and O–H groups in total. The molecule has 1 atom stereocenters. The molecule has 0 bridgehead atoms. The van der Waals surface area contributed by atoms with Gasteiger partial charge in [0.25, 0.3) is 5.91 Å². The van der Waals surface area contributed by atoms with E-state index in [-0.39, 0.29) is 36.6 Å². The highest BCUT2D eigenvalue weighted by atomic mass is 32.2. The van der Waals surface area contributed by atoms with Crippen LogP contribution in [-0.2, 0) is 26.2 Å². The maximum absolute atomic E-state index is 14.4. The van der Waals surface area contributed by atoms with E-state index in [4.69, 9.17) is 0 Å². The van der Waals surface area contributed by atoms with Crippen molar-refractivity contribution < 1.29 is 27.2 Å². The summed E-state index contributed by atoms with van der Waals surface area (Å²) in [6.07, 6.45) is 0.917. The molecule has 1 unspecified atom stereocenters. The van der Waals surface area contributed by atoms with Gasteiger partial charge in [0, 0.05) is 56.0 Å². The van der Waals surface area contributed by atoms with Crippen LogP contribution in [0.5, 0.6) is 0 Å². The van der Waals surface area contributed by atoms with Gasteiger partial charge in [0.2, 0.25) is 21.8 Å². The smallest absolute Gasteiger partial charge is 0.255 e. The first-order chi connectivity index (χ1) is 14.7. The molecule has 1 aromatic carbocycles. The van der Waals surface area contributed by atoms with Gasteiger partial charge in [0.15, 0.2) is 0 Å². The zero-order valence-electron chi connectivity index (χ0n) is 17.3. The van der Waals surface area contributed by atoms with Crippen molar-refractivity contribution in [3.63, 3.8) is 0 Å². The summed E-state index contributed by atoms with van der Waals surface area (Å²) in [6, 6.07) is 1.76. The summed E-state index contributed by atoms with van der Waals surface area (Å²) in [6.45, 7) is 3.30. The minimum Gasteiger partial charge on any atom is -0.369 e. The number of rotatable bonds is 5. The van der Waals surface area contributed by atoms with E-state index < -0.39 is 33.7 Å². The predicted molar refractivity (Wildman–Crippen MR) is 110 cm³/mol. The van der Waals surface area contributed by atoms with E-state index in [1.807, 2.05) is 11.8 Å². The van der Waals surface area contributed by atoms with Crippen molar-refractivity contribution in [2.75, 3.05) is 36.8 Å². The molecule has 31 heavy (non-hydrogen) atoms. The number of nitrogens with one attached hydrogen (secondary N) is 1. The molecule has 0 radical (unpaired) electrons. The van der Waals surface area contributed by atoms with E-state index in [2.05, 4.69) is 5.32 Å². The number of sulfonamides is 1. The van der Waals surface area contributed by atoms with Gasteiger partial charge in [-0.05, 0) is 25.0 Å². The Morgan fingerprint density at radius 3 is 2.48 bits per heavy atom. The van der Waals surface area contributed by atoms with Gasteiger partial charge >= 0.3 is 0 Å². The third kappa shape index (κ3) is 4.03. The number of hydrogen-bond donors (Lipinski definition) is 1. The Hall–Kier alpha value is -2.53. The van der Waals surface area contributed by atoms with Crippen LogP contribution in [0.25, 0.3) is 0 Å². The molecule has 2 fully saturated rings. The summed E-state index contributed by atoms with van der Waals surface area (Å²) in [5, 5.41) is 2.25. The summed E-state index contributed by atoms with van der Waals surface area (Å²) in [5.41, 5.74) is 1.38. The number of halogens is 1. The number of imide groups is 1. The van der Waals surface area contributed by atoms with Gasteiger partial charge in [-0.2, -0.15) is 4.31 Å². The third-order valence-electron chi connectivity index (χ3n) is 6.03. The molecule has 168 valence electrons. The summed E-state index contributed by atoms with van der Waals surface area (Å²) < 4.78 is 40.5. The maximum atomic E-state index is 14.4. The van der Waals surface area contributed by atoms with Crippen LogP contribution in [0.4, 0.5) is 10.1 Å². The lowest BCUT2D eigenvalue weighted by atomic mass is 10.0. The van der Waals surface area contributed by atoms with Crippen LogP contribution in [0.1, 0.15) is 42.1 Å². The van der Waals surface area contributed by atoms with Crippen molar-refractivity contribution >= 4 is 33.4 Å². The van der Waals surface area contributed by atoms with Crippen molar-refractivity contribution in [3.8, 4) is 0 Å². The summed E-state index contributed by atoms with van der Waals surface area (Å²) >= 11 is 0. The van der Waals surface area contributed by atoms with Crippen LogP contribution in [-0.4, -0.2) is 73.3 Å². The zero-order valence-corrected chi connectivity index (χ0v) is 18.1. The number of nitrogens with zero attached hydrogens (tertiary/aromatic N) is 3. The number of fused-ring (bicyclic) bond motifs is 1. The van der Waals surface area contributed by atoms with Crippen molar-refractivity contribution in [2.24, 2.45) is 0 Å². The Morgan fingerprint density at radius 2 is 1.84 bits per heavy atom. The molecule has 11 heteroatoms. The second-order valence-electron chi connectivity index (χ2n) is 8.05. The lowest BCUT2D eigenvalue weighted by molar-refractivity contribution is -0.136. The van der Waals surface area contributed by atoms with Crippen LogP contribution < -0.4 is 10.2 Å². The molecule has 0 spiro atoms. The van der Waals surface area contributed by atoms with E-state index in [0.717, 1.165) is 0 Å². The fourth-order valence-electron chi connectivity index (χ4n) is 4.48. The molecule has 0 aromatic heterocycles. The monoisotopic (exact) mass is 452 g/mol. The molecule has 3 heterocycles. The first-order valence-electron chi connectivity index (χ1n) is 10.4. The highest BCUT2D eigenvalue weighted by Crippen LogP contribution is 2.35. The number of piperazine rings is 1. The normalized spacial score (nSPS) is 22.6. The number of hydrogen-bond acceptors (Lipinski definition) is 6. The van der Waals surface area contributed by atoms with Gasteiger partial charge in [-0.1, -0.05) is 6.92 Å². The third-order valence-corrected chi connectivity index (χ3v) is 8.11. The molecular weight excluding hydrogens is 427 g/mol. The van der Waals surface area contributed by atoms with Gasteiger partial charge in [0.1, 0.15) is 11.9 Å². The highest BCUT2D eigenvalue weighted by molar-refractivity contribution is 7.89. The number of anilines is 1. The lowest BCUT2D eigenvalue weighted by Crippen LogP contribution is -2.52. The van der Waals surface area contributed by atoms with E-state index >= 15 is 0 Å². The fraction of sp³-hybridized carbons (Fsp3) is 0.550. The van der Waals surface area contributed by atoms with Crippen LogP contribution >= 0.6 is 0 Å². The molecule has 2 saturated heterocycles. The predicted octanol–water partition coefficient (Wildman–Crippen LogP) is 0.449. The van der Waals surface area contributed by atoms with Gasteiger partial charge in [-0.15, -0.1) is 0 Å². The van der Waals surface area contributed by atoms with Crippen molar-refractivity contribution in [1.29, 1.82) is 0 Å². The minimum atomic E-state index is -3.30. The molecule has 3 aliphatic heterocycles. The number of piperidine rings is 1. The molecule has 0 aliphatic carbocycles. The molecule has 1 aromatic rings. The fourth-order valence-corrected chi connectivity index (χ4v) is 5.98. The van der Waals surface area contributed by atoms with Gasteiger partial charge in [-0.25, -0.2) is 12.8 Å². The number of carbonyl (C=O) groups excluding carboxylic acids is 3. The van der Waals surface area contributed by atoms with Crippen molar-refractivity contribution in [3.05, 3.63) is 29.1 Å². The van der Waals surface area contributed by atoms with Gasteiger partial charge < -0.3 is 9.80 Å². The van der Waals surface area contributed by atoms with Gasteiger partial charge in [-0.3, -0.25) is 19.7 Å². The standard InChI is InChI=1S/C20H25FN4O5S/c1-2-9-31(29,30)24-7-5-23(6-8-24)17-11-13(21)10-14-15(17)12-25(20(14)28)16-3-4-18(26)22-19(16)27/h10-11,16H,2-9,12H2,1H3,(H,22,26,27). The molecule has 9 nitrogen and oxygen atoms in total.